The summed E-state index contributed by atoms with van der Waals surface area (Å²) < 4.78 is 0. The number of hydrogen-bond donors (Lipinski definition) is 0. The van der Waals surface area contributed by atoms with Crippen LogP contribution >= 0.6 is 0 Å². The molecule has 0 aliphatic rings. The lowest BCUT2D eigenvalue weighted by Crippen LogP contribution is -1.83. The molecule has 2 aromatic rings. The Labute approximate surface area is 86.1 Å². The molecule has 72 valence electrons. The van der Waals surface area contributed by atoms with E-state index in [0.717, 1.165) is 11.1 Å². The van der Waals surface area contributed by atoms with Gasteiger partial charge in [0.15, 0.2) is 0 Å². The number of azide groups is 1. The summed E-state index contributed by atoms with van der Waals surface area (Å²) in [5.41, 5.74) is 10.1. The Morgan fingerprint density at radius 1 is 1.20 bits per heavy atom. The predicted octanol–water partition coefficient (Wildman–Crippen LogP) is 3.09. The quantitative estimate of drug-likeness (QED) is 0.421. The summed E-state index contributed by atoms with van der Waals surface area (Å²) in [5.74, 6) is 0.346. The van der Waals surface area contributed by atoms with Crippen LogP contribution in [0.4, 0.5) is 5.82 Å². The van der Waals surface area contributed by atoms with Crippen molar-refractivity contribution in [3.8, 4) is 11.1 Å². The fourth-order valence-corrected chi connectivity index (χ4v) is 1.27. The van der Waals surface area contributed by atoms with E-state index in [1.165, 1.54) is 6.33 Å². The molecule has 0 spiro atoms. The van der Waals surface area contributed by atoms with E-state index in [-0.39, 0.29) is 0 Å². The van der Waals surface area contributed by atoms with E-state index >= 15 is 0 Å². The summed E-state index contributed by atoms with van der Waals surface area (Å²) in [6.45, 7) is 0. The van der Waals surface area contributed by atoms with Crippen LogP contribution in [0.2, 0.25) is 0 Å². The van der Waals surface area contributed by atoms with Crippen molar-refractivity contribution < 1.29 is 0 Å². The van der Waals surface area contributed by atoms with Crippen LogP contribution in [0.15, 0.2) is 48.0 Å². The zero-order chi connectivity index (χ0) is 10.5. The standard InChI is InChI=1S/C10H7N5/c11-15-14-10-9(6-12-7-13-10)8-4-2-1-3-5-8/h1-7H. The van der Waals surface area contributed by atoms with Crippen molar-refractivity contribution in [1.29, 1.82) is 0 Å². The van der Waals surface area contributed by atoms with E-state index in [9.17, 15) is 0 Å². The molecular weight excluding hydrogens is 190 g/mol. The third-order valence-corrected chi connectivity index (χ3v) is 1.92. The Hall–Kier alpha value is -2.39. The smallest absolute Gasteiger partial charge is 0.137 e. The molecule has 0 saturated heterocycles. The van der Waals surface area contributed by atoms with Crippen LogP contribution < -0.4 is 0 Å². The van der Waals surface area contributed by atoms with E-state index in [1.54, 1.807) is 6.20 Å². The highest BCUT2D eigenvalue weighted by atomic mass is 15.2. The molecule has 0 N–H and O–H groups in total. The van der Waals surface area contributed by atoms with Crippen molar-refractivity contribution in [2.75, 3.05) is 0 Å². The highest BCUT2D eigenvalue weighted by Crippen LogP contribution is 2.26. The SMILES string of the molecule is [N-]=[N+]=Nc1ncncc1-c1ccccc1. The topological polar surface area (TPSA) is 74.5 Å². The maximum absolute atomic E-state index is 8.39. The average molecular weight is 197 g/mol. The summed E-state index contributed by atoms with van der Waals surface area (Å²) in [5, 5.41) is 3.51. The van der Waals surface area contributed by atoms with E-state index in [1.807, 2.05) is 30.3 Å². The number of aromatic nitrogens is 2. The second-order valence-electron chi connectivity index (χ2n) is 2.82. The van der Waals surface area contributed by atoms with Crippen molar-refractivity contribution in [3.05, 3.63) is 53.3 Å². The number of benzene rings is 1. The molecule has 5 nitrogen and oxygen atoms in total. The van der Waals surface area contributed by atoms with Gasteiger partial charge >= 0.3 is 0 Å². The first-order valence-electron chi connectivity index (χ1n) is 4.32. The highest BCUT2D eigenvalue weighted by Gasteiger charge is 2.03. The normalized spacial score (nSPS) is 9.33. The van der Waals surface area contributed by atoms with Gasteiger partial charge in [0, 0.05) is 16.7 Å². The molecule has 0 aliphatic carbocycles. The zero-order valence-electron chi connectivity index (χ0n) is 7.78. The lowest BCUT2D eigenvalue weighted by atomic mass is 10.1. The molecule has 0 unspecified atom stereocenters. The lowest BCUT2D eigenvalue weighted by molar-refractivity contribution is 1.15. The third-order valence-electron chi connectivity index (χ3n) is 1.92. The van der Waals surface area contributed by atoms with Gasteiger partial charge in [0.05, 0.1) is 0 Å². The second-order valence-corrected chi connectivity index (χ2v) is 2.82. The van der Waals surface area contributed by atoms with Crippen molar-refractivity contribution >= 4 is 5.82 Å². The van der Waals surface area contributed by atoms with Gasteiger partial charge in [0.25, 0.3) is 0 Å². The van der Waals surface area contributed by atoms with Crippen molar-refractivity contribution in [1.82, 2.24) is 9.97 Å². The molecule has 0 aliphatic heterocycles. The first-order valence-corrected chi connectivity index (χ1v) is 4.32. The van der Waals surface area contributed by atoms with Gasteiger partial charge in [-0.1, -0.05) is 30.3 Å². The van der Waals surface area contributed by atoms with Crippen molar-refractivity contribution in [2.45, 2.75) is 0 Å². The van der Waals surface area contributed by atoms with Crippen molar-refractivity contribution in [3.63, 3.8) is 0 Å². The number of rotatable bonds is 2. The van der Waals surface area contributed by atoms with Gasteiger partial charge in [-0.25, -0.2) is 9.97 Å². The van der Waals surface area contributed by atoms with Gasteiger partial charge in [-0.2, -0.15) is 0 Å². The van der Waals surface area contributed by atoms with Crippen LogP contribution in [0, 0.1) is 0 Å². The van der Waals surface area contributed by atoms with E-state index in [0.29, 0.717) is 5.82 Å². The molecular formula is C10H7N5. The van der Waals surface area contributed by atoms with Crippen LogP contribution in [-0.2, 0) is 0 Å². The molecule has 0 atom stereocenters. The molecule has 15 heavy (non-hydrogen) atoms. The number of hydrogen-bond acceptors (Lipinski definition) is 3. The highest BCUT2D eigenvalue weighted by molar-refractivity contribution is 5.71. The first kappa shape index (κ1) is 9.18. The molecule has 0 bridgehead atoms. The van der Waals surface area contributed by atoms with E-state index in [4.69, 9.17) is 5.53 Å². The minimum absolute atomic E-state index is 0.346. The molecule has 1 aromatic heterocycles. The lowest BCUT2D eigenvalue weighted by Gasteiger charge is -2.02. The van der Waals surface area contributed by atoms with Gasteiger partial charge in [-0.3, -0.25) is 0 Å². The van der Waals surface area contributed by atoms with Gasteiger partial charge < -0.3 is 0 Å². The maximum Gasteiger partial charge on any atom is 0.137 e. The van der Waals surface area contributed by atoms with E-state index in [2.05, 4.69) is 20.0 Å². The summed E-state index contributed by atoms with van der Waals surface area (Å²) in [6.07, 6.45) is 2.99. The van der Waals surface area contributed by atoms with Crippen molar-refractivity contribution in [2.24, 2.45) is 5.11 Å². The fourth-order valence-electron chi connectivity index (χ4n) is 1.27. The van der Waals surface area contributed by atoms with E-state index < -0.39 is 0 Å². The maximum atomic E-state index is 8.39. The Morgan fingerprint density at radius 3 is 2.73 bits per heavy atom. The molecule has 1 heterocycles. The molecule has 2 rings (SSSR count). The van der Waals surface area contributed by atoms with Crippen LogP contribution in [0.5, 0.6) is 0 Å². The molecule has 0 fully saturated rings. The van der Waals surface area contributed by atoms with Crippen LogP contribution in [0.25, 0.3) is 21.6 Å². The second kappa shape index (κ2) is 4.21. The Bertz CT molecular complexity index is 502. The van der Waals surface area contributed by atoms with Crippen LogP contribution in [0.1, 0.15) is 0 Å². The largest absolute Gasteiger partial charge is 0.244 e. The Kier molecular flexibility index (Phi) is 2.58. The van der Waals surface area contributed by atoms with Gasteiger partial charge in [-0.15, -0.1) is 0 Å². The van der Waals surface area contributed by atoms with Crippen LogP contribution in [-0.4, -0.2) is 9.97 Å². The summed E-state index contributed by atoms with van der Waals surface area (Å²) in [6, 6.07) is 9.55. The summed E-state index contributed by atoms with van der Waals surface area (Å²) >= 11 is 0. The molecule has 5 heteroatoms. The Balaban J connectivity index is 2.58. The molecule has 1 aromatic carbocycles. The third kappa shape index (κ3) is 1.92. The Morgan fingerprint density at radius 2 is 2.00 bits per heavy atom. The minimum Gasteiger partial charge on any atom is -0.244 e. The summed E-state index contributed by atoms with van der Waals surface area (Å²) in [7, 11) is 0. The molecule has 0 radical (unpaired) electrons. The fraction of sp³-hybridized carbons (Fsp3) is 0. The minimum atomic E-state index is 0.346. The van der Waals surface area contributed by atoms with Gasteiger partial charge in [-0.05, 0) is 16.2 Å². The van der Waals surface area contributed by atoms with Gasteiger partial charge in [0.2, 0.25) is 0 Å². The van der Waals surface area contributed by atoms with Crippen LogP contribution in [0.3, 0.4) is 0 Å². The average Bonchev–Trinajstić information content (AvgIpc) is 2.31. The van der Waals surface area contributed by atoms with Gasteiger partial charge in [0.1, 0.15) is 12.1 Å². The first-order chi connectivity index (χ1) is 7.42. The monoisotopic (exact) mass is 197 g/mol. The molecule has 0 saturated carbocycles. The summed E-state index contributed by atoms with van der Waals surface area (Å²) in [4.78, 5) is 10.5. The zero-order valence-corrected chi connectivity index (χ0v) is 7.78. The number of nitrogens with zero attached hydrogens (tertiary/aromatic N) is 5. The predicted molar refractivity (Wildman–Crippen MR) is 56.3 cm³/mol. The molecule has 0 amide bonds.